The first-order valence-corrected chi connectivity index (χ1v) is 13.0. The van der Waals surface area contributed by atoms with Crippen molar-refractivity contribution < 1.29 is 19.2 Å². The fraction of sp³-hybridized carbons (Fsp3) is 0.308. The van der Waals surface area contributed by atoms with Crippen LogP contribution in [0.3, 0.4) is 0 Å². The van der Waals surface area contributed by atoms with Gasteiger partial charge in [-0.3, -0.25) is 19.2 Å². The largest absolute Gasteiger partial charge is 0.292 e. The number of halogens is 4. The van der Waals surface area contributed by atoms with Crippen molar-refractivity contribution in [2.24, 2.45) is 17.8 Å². The van der Waals surface area contributed by atoms with Gasteiger partial charge in [-0.2, -0.15) is 5.01 Å². The van der Waals surface area contributed by atoms with Gasteiger partial charge in [0.25, 0.3) is 17.7 Å². The van der Waals surface area contributed by atoms with Crippen LogP contribution in [0.2, 0.25) is 15.1 Å². The summed E-state index contributed by atoms with van der Waals surface area (Å²) in [5, 5.41) is 2.52. The van der Waals surface area contributed by atoms with Crippen LogP contribution in [0.25, 0.3) is 0 Å². The number of hydrogen-bond acceptors (Lipinski definition) is 4. The number of allylic oxidation sites excluding steroid dienone is 2. The van der Waals surface area contributed by atoms with Crippen molar-refractivity contribution in [1.29, 1.82) is 0 Å². The Morgan fingerprint density at radius 3 is 2.31 bits per heavy atom. The SMILES string of the molecule is C[C@@H]1C=CC[C@@H]2C(=O)N(N(C(=O)c3ccc(Cl)cc3Cl)[C@H](CCCl)C(=O)c3ccc(Cl)cc3)C(=O)[C@@H]12. The molecule has 188 valence electrons. The van der Waals surface area contributed by atoms with E-state index in [9.17, 15) is 19.2 Å². The molecule has 1 aliphatic carbocycles. The molecule has 0 aromatic heterocycles. The summed E-state index contributed by atoms with van der Waals surface area (Å²) in [5.74, 6) is -3.84. The van der Waals surface area contributed by atoms with Crippen molar-refractivity contribution in [3.63, 3.8) is 0 Å². The number of ketones is 1. The third-order valence-electron chi connectivity index (χ3n) is 6.54. The first kappa shape index (κ1) is 26.7. The van der Waals surface area contributed by atoms with Crippen LogP contribution in [0.1, 0.15) is 40.5 Å². The van der Waals surface area contributed by atoms with E-state index < -0.39 is 41.4 Å². The third kappa shape index (κ3) is 4.92. The molecule has 6 nitrogen and oxygen atoms in total. The summed E-state index contributed by atoms with van der Waals surface area (Å²) in [5.41, 5.74) is 0.243. The van der Waals surface area contributed by atoms with Crippen molar-refractivity contribution in [2.45, 2.75) is 25.8 Å². The molecule has 3 amide bonds. The summed E-state index contributed by atoms with van der Waals surface area (Å²) in [4.78, 5) is 54.9. The smallest absolute Gasteiger partial charge is 0.275 e. The highest BCUT2D eigenvalue weighted by molar-refractivity contribution is 6.37. The van der Waals surface area contributed by atoms with E-state index in [0.29, 0.717) is 16.5 Å². The molecule has 1 heterocycles. The van der Waals surface area contributed by atoms with Crippen LogP contribution in [0.5, 0.6) is 0 Å². The summed E-state index contributed by atoms with van der Waals surface area (Å²) in [7, 11) is 0. The molecule has 2 aromatic rings. The van der Waals surface area contributed by atoms with E-state index in [1.165, 1.54) is 30.3 Å². The average Bonchev–Trinajstić information content (AvgIpc) is 3.09. The molecule has 1 fully saturated rings. The maximum atomic E-state index is 14.0. The Labute approximate surface area is 228 Å². The third-order valence-corrected chi connectivity index (χ3v) is 7.56. The number of carbonyl (C=O) groups is 4. The Morgan fingerprint density at radius 1 is 1.03 bits per heavy atom. The zero-order valence-electron chi connectivity index (χ0n) is 19.2. The molecule has 0 bridgehead atoms. The van der Waals surface area contributed by atoms with Gasteiger partial charge in [0, 0.05) is 21.5 Å². The lowest BCUT2D eigenvalue weighted by Gasteiger charge is -2.36. The number of amides is 3. The quantitative estimate of drug-likeness (QED) is 0.176. The number of carbonyl (C=O) groups excluding carboxylic acids is 4. The van der Waals surface area contributed by atoms with Gasteiger partial charge in [0.1, 0.15) is 6.04 Å². The molecule has 1 saturated heterocycles. The number of hydrogen-bond donors (Lipinski definition) is 0. The van der Waals surface area contributed by atoms with Crippen LogP contribution in [0.15, 0.2) is 54.6 Å². The second-order valence-corrected chi connectivity index (χ2v) is 10.4. The molecular weight excluding hydrogens is 546 g/mol. The Kier molecular flexibility index (Phi) is 8.10. The average molecular weight is 568 g/mol. The number of Topliss-reactive ketones (excluding diaryl/α,β-unsaturated/α-hetero) is 1. The van der Waals surface area contributed by atoms with E-state index in [0.717, 1.165) is 10.0 Å². The highest BCUT2D eigenvalue weighted by atomic mass is 35.5. The first-order valence-electron chi connectivity index (χ1n) is 11.3. The van der Waals surface area contributed by atoms with Crippen LogP contribution < -0.4 is 0 Å². The van der Waals surface area contributed by atoms with Gasteiger partial charge in [0.05, 0.1) is 22.4 Å². The lowest BCUT2D eigenvalue weighted by Crippen LogP contribution is -2.57. The minimum Gasteiger partial charge on any atom is -0.292 e. The highest BCUT2D eigenvalue weighted by Gasteiger charge is 2.55. The molecule has 0 N–H and O–H groups in total. The molecule has 4 atom stereocenters. The topological polar surface area (TPSA) is 74.8 Å². The van der Waals surface area contributed by atoms with Gasteiger partial charge >= 0.3 is 0 Å². The van der Waals surface area contributed by atoms with E-state index in [1.54, 1.807) is 12.1 Å². The van der Waals surface area contributed by atoms with E-state index >= 15 is 0 Å². The number of alkyl halides is 1. The van der Waals surface area contributed by atoms with Crippen LogP contribution >= 0.6 is 46.4 Å². The second kappa shape index (κ2) is 10.9. The molecule has 0 radical (unpaired) electrons. The number of nitrogens with zero attached hydrogens (tertiary/aromatic N) is 2. The lowest BCUT2D eigenvalue weighted by atomic mass is 9.78. The van der Waals surface area contributed by atoms with Crippen molar-refractivity contribution in [2.75, 3.05) is 5.88 Å². The van der Waals surface area contributed by atoms with Crippen molar-refractivity contribution in [3.05, 3.63) is 80.8 Å². The molecule has 2 aromatic carbocycles. The van der Waals surface area contributed by atoms with Gasteiger partial charge < -0.3 is 0 Å². The normalized spacial score (nSPS) is 21.9. The maximum absolute atomic E-state index is 14.0. The fourth-order valence-corrected chi connectivity index (χ4v) is 5.60. The second-order valence-electron chi connectivity index (χ2n) is 8.78. The maximum Gasteiger partial charge on any atom is 0.275 e. The van der Waals surface area contributed by atoms with Gasteiger partial charge in [0.15, 0.2) is 5.78 Å². The summed E-state index contributed by atoms with van der Waals surface area (Å²) in [6, 6.07) is 9.12. The Morgan fingerprint density at radius 2 is 1.69 bits per heavy atom. The number of hydrazine groups is 1. The number of fused-ring (bicyclic) bond motifs is 1. The van der Waals surface area contributed by atoms with Crippen molar-refractivity contribution in [3.8, 4) is 0 Å². The molecular formula is C26H22Cl4N2O4. The van der Waals surface area contributed by atoms with Gasteiger partial charge in [-0.1, -0.05) is 53.9 Å². The molecule has 1 aliphatic heterocycles. The van der Waals surface area contributed by atoms with Gasteiger partial charge in [-0.05, 0) is 61.2 Å². The van der Waals surface area contributed by atoms with Gasteiger partial charge in [-0.15, -0.1) is 11.6 Å². The summed E-state index contributed by atoms with van der Waals surface area (Å²) in [6.07, 6.45) is 4.09. The fourth-order valence-electron chi connectivity index (χ4n) is 4.78. The van der Waals surface area contributed by atoms with Crippen LogP contribution in [0.4, 0.5) is 0 Å². The molecule has 4 rings (SSSR count). The Bertz CT molecular complexity index is 1250. The number of benzene rings is 2. The lowest BCUT2D eigenvalue weighted by molar-refractivity contribution is -0.156. The molecule has 0 saturated carbocycles. The van der Waals surface area contributed by atoms with Crippen molar-refractivity contribution in [1.82, 2.24) is 10.0 Å². The van der Waals surface area contributed by atoms with E-state index in [-0.39, 0.29) is 34.4 Å². The zero-order chi connectivity index (χ0) is 26.1. The van der Waals surface area contributed by atoms with Crippen LogP contribution in [-0.4, -0.2) is 45.4 Å². The molecule has 2 aliphatic rings. The Hall–Kier alpha value is -2.38. The number of imide groups is 1. The molecule has 10 heteroatoms. The molecule has 36 heavy (non-hydrogen) atoms. The van der Waals surface area contributed by atoms with Gasteiger partial charge in [-0.25, -0.2) is 5.01 Å². The predicted molar refractivity (Wildman–Crippen MR) is 139 cm³/mol. The van der Waals surface area contributed by atoms with Crippen LogP contribution in [0, 0.1) is 17.8 Å². The van der Waals surface area contributed by atoms with E-state index in [1.807, 2.05) is 19.1 Å². The zero-order valence-corrected chi connectivity index (χ0v) is 22.2. The monoisotopic (exact) mass is 566 g/mol. The van der Waals surface area contributed by atoms with Crippen LogP contribution in [-0.2, 0) is 9.59 Å². The highest BCUT2D eigenvalue weighted by Crippen LogP contribution is 2.40. The van der Waals surface area contributed by atoms with Crippen molar-refractivity contribution >= 4 is 69.9 Å². The standard InChI is InChI=1S/C26H22Cl4N2O4/c1-14-3-2-4-19-22(14)26(36)32(25(19)35)31(24(34)18-10-9-17(29)13-20(18)30)21(11-12-27)23(33)15-5-7-16(28)8-6-15/h2-3,5-10,13-14,19,21-22H,4,11-12H2,1H3/t14-,19+,21-,22+/m1/s1. The minimum atomic E-state index is -1.25. The number of rotatable bonds is 7. The Balaban J connectivity index is 1.84. The summed E-state index contributed by atoms with van der Waals surface area (Å²) < 4.78 is 0. The summed E-state index contributed by atoms with van der Waals surface area (Å²) >= 11 is 24.4. The van der Waals surface area contributed by atoms with E-state index in [4.69, 9.17) is 46.4 Å². The van der Waals surface area contributed by atoms with Gasteiger partial charge in [0.2, 0.25) is 0 Å². The van der Waals surface area contributed by atoms with E-state index in [2.05, 4.69) is 0 Å². The minimum absolute atomic E-state index is 0.00816. The first-order chi connectivity index (χ1) is 17.1. The summed E-state index contributed by atoms with van der Waals surface area (Å²) in [6.45, 7) is 1.85. The predicted octanol–water partition coefficient (Wildman–Crippen LogP) is 6.08. The molecule has 0 spiro atoms. The molecule has 0 unspecified atom stereocenters.